The SMILES string of the molecule is CCOc1ccc(NC(=O)c2cc(C3CC3)on2)cc1S(=O)(=O)N1CCCCC1. The van der Waals surface area contributed by atoms with Gasteiger partial charge < -0.3 is 14.6 Å². The van der Waals surface area contributed by atoms with Crippen LogP contribution >= 0.6 is 0 Å². The van der Waals surface area contributed by atoms with E-state index in [-0.39, 0.29) is 16.3 Å². The summed E-state index contributed by atoms with van der Waals surface area (Å²) < 4.78 is 38.6. The Kier molecular flexibility index (Phi) is 5.60. The van der Waals surface area contributed by atoms with E-state index < -0.39 is 15.9 Å². The zero-order valence-corrected chi connectivity index (χ0v) is 17.2. The van der Waals surface area contributed by atoms with Crippen LogP contribution in [0.25, 0.3) is 0 Å². The monoisotopic (exact) mass is 419 g/mol. The molecule has 1 aromatic heterocycles. The first-order valence-corrected chi connectivity index (χ1v) is 11.5. The van der Waals surface area contributed by atoms with Crippen LogP contribution in [0.15, 0.2) is 33.7 Å². The molecule has 0 atom stereocenters. The van der Waals surface area contributed by atoms with Gasteiger partial charge in [0.1, 0.15) is 16.4 Å². The largest absolute Gasteiger partial charge is 0.492 e. The van der Waals surface area contributed by atoms with E-state index in [1.54, 1.807) is 25.1 Å². The maximum absolute atomic E-state index is 13.2. The van der Waals surface area contributed by atoms with Gasteiger partial charge in [0.05, 0.1) is 6.61 Å². The van der Waals surface area contributed by atoms with Crippen LogP contribution in [0.3, 0.4) is 0 Å². The lowest BCUT2D eigenvalue weighted by Gasteiger charge is -2.27. The third kappa shape index (κ3) is 4.30. The lowest BCUT2D eigenvalue weighted by molar-refractivity contribution is 0.101. The molecule has 8 nitrogen and oxygen atoms in total. The Morgan fingerprint density at radius 2 is 2.00 bits per heavy atom. The van der Waals surface area contributed by atoms with Gasteiger partial charge in [0.2, 0.25) is 10.0 Å². The number of aromatic nitrogens is 1. The van der Waals surface area contributed by atoms with Crippen molar-refractivity contribution in [3.05, 3.63) is 35.7 Å². The summed E-state index contributed by atoms with van der Waals surface area (Å²) in [6.07, 6.45) is 4.81. The second-order valence-electron chi connectivity index (χ2n) is 7.40. The molecule has 9 heteroatoms. The second-order valence-corrected chi connectivity index (χ2v) is 9.31. The number of carbonyl (C=O) groups is 1. The fourth-order valence-electron chi connectivity index (χ4n) is 3.46. The molecule has 0 spiro atoms. The van der Waals surface area contributed by atoms with Crippen LogP contribution in [-0.2, 0) is 10.0 Å². The molecule has 2 aromatic rings. The van der Waals surface area contributed by atoms with Crippen molar-refractivity contribution in [3.63, 3.8) is 0 Å². The van der Waals surface area contributed by atoms with Crippen molar-refractivity contribution in [2.75, 3.05) is 25.0 Å². The lowest BCUT2D eigenvalue weighted by Crippen LogP contribution is -2.35. The predicted molar refractivity (Wildman–Crippen MR) is 107 cm³/mol. The minimum atomic E-state index is -3.71. The van der Waals surface area contributed by atoms with E-state index in [1.165, 1.54) is 10.4 Å². The molecular formula is C20H25N3O5S. The summed E-state index contributed by atoms with van der Waals surface area (Å²) in [5.74, 6) is 0.922. The van der Waals surface area contributed by atoms with E-state index in [4.69, 9.17) is 9.26 Å². The predicted octanol–water partition coefficient (Wildman–Crippen LogP) is 3.38. The van der Waals surface area contributed by atoms with Crippen LogP contribution in [0.1, 0.15) is 61.2 Å². The minimum Gasteiger partial charge on any atom is -0.492 e. The van der Waals surface area contributed by atoms with Gasteiger partial charge >= 0.3 is 0 Å². The Hall–Kier alpha value is -2.39. The van der Waals surface area contributed by atoms with Gasteiger partial charge in [-0.05, 0) is 50.8 Å². The Labute approximate surface area is 170 Å². The summed E-state index contributed by atoms with van der Waals surface area (Å²) >= 11 is 0. The molecule has 156 valence electrons. The number of nitrogens with one attached hydrogen (secondary N) is 1. The molecule has 1 aliphatic heterocycles. The number of amides is 1. The Morgan fingerprint density at radius 3 is 2.69 bits per heavy atom. The van der Waals surface area contributed by atoms with Crippen molar-refractivity contribution in [2.24, 2.45) is 0 Å². The van der Waals surface area contributed by atoms with Gasteiger partial charge in [-0.2, -0.15) is 4.31 Å². The summed E-state index contributed by atoms with van der Waals surface area (Å²) in [5, 5.41) is 6.54. The van der Waals surface area contributed by atoms with E-state index >= 15 is 0 Å². The second kappa shape index (κ2) is 8.16. The lowest BCUT2D eigenvalue weighted by atomic mass is 10.2. The average Bonchev–Trinajstić information content (AvgIpc) is 3.46. The number of benzene rings is 1. The number of rotatable bonds is 7. The molecule has 0 unspecified atom stereocenters. The number of carbonyl (C=O) groups excluding carboxylic acids is 1. The van der Waals surface area contributed by atoms with Crippen molar-refractivity contribution < 1.29 is 22.5 Å². The van der Waals surface area contributed by atoms with E-state index in [0.717, 1.165) is 37.9 Å². The molecule has 1 N–H and O–H groups in total. The average molecular weight is 420 g/mol. The van der Waals surface area contributed by atoms with Gasteiger partial charge in [0.15, 0.2) is 5.69 Å². The summed E-state index contributed by atoms with van der Waals surface area (Å²) in [4.78, 5) is 12.6. The molecule has 2 aliphatic rings. The normalized spacial score (nSPS) is 17.8. The molecule has 2 heterocycles. The molecule has 0 radical (unpaired) electrons. The first-order valence-electron chi connectivity index (χ1n) is 10.0. The van der Waals surface area contributed by atoms with Crippen molar-refractivity contribution in [3.8, 4) is 5.75 Å². The number of ether oxygens (including phenoxy) is 1. The number of nitrogens with zero attached hydrogens (tertiary/aromatic N) is 2. The molecule has 4 rings (SSSR count). The topological polar surface area (TPSA) is 102 Å². The molecule has 1 amide bonds. The number of sulfonamides is 1. The first-order chi connectivity index (χ1) is 14.0. The molecule has 2 fully saturated rings. The number of hydrogen-bond donors (Lipinski definition) is 1. The quantitative estimate of drug-likeness (QED) is 0.738. The number of anilines is 1. The molecular weight excluding hydrogens is 394 g/mol. The number of hydrogen-bond acceptors (Lipinski definition) is 6. The van der Waals surface area contributed by atoms with Crippen molar-refractivity contribution >= 4 is 21.6 Å². The highest BCUT2D eigenvalue weighted by molar-refractivity contribution is 7.89. The molecule has 1 saturated carbocycles. The van der Waals surface area contributed by atoms with Crippen LogP contribution in [0.2, 0.25) is 0 Å². The summed E-state index contributed by atoms with van der Waals surface area (Å²) in [5.41, 5.74) is 0.547. The van der Waals surface area contributed by atoms with Crippen LogP contribution in [-0.4, -0.2) is 43.5 Å². The molecule has 1 aromatic carbocycles. The third-order valence-electron chi connectivity index (χ3n) is 5.18. The van der Waals surface area contributed by atoms with Gasteiger partial charge in [0.25, 0.3) is 5.91 Å². The third-order valence-corrected chi connectivity index (χ3v) is 7.09. The standard InChI is InChI=1S/C20H25N3O5S/c1-2-27-17-9-8-15(12-19(17)29(25,26)23-10-4-3-5-11-23)21-20(24)16-13-18(28-22-16)14-6-7-14/h8-9,12-14H,2-7,10-11H2,1H3,(H,21,24). The maximum Gasteiger partial charge on any atom is 0.277 e. The zero-order chi connectivity index (χ0) is 20.4. The molecule has 29 heavy (non-hydrogen) atoms. The van der Waals surface area contributed by atoms with Gasteiger partial charge in [-0.15, -0.1) is 0 Å². The van der Waals surface area contributed by atoms with Crippen LogP contribution in [0.5, 0.6) is 5.75 Å². The summed E-state index contributed by atoms with van der Waals surface area (Å²) in [6.45, 7) is 3.13. The smallest absolute Gasteiger partial charge is 0.277 e. The van der Waals surface area contributed by atoms with E-state index in [9.17, 15) is 13.2 Å². The van der Waals surface area contributed by atoms with E-state index in [0.29, 0.717) is 31.3 Å². The van der Waals surface area contributed by atoms with E-state index in [2.05, 4.69) is 10.5 Å². The molecule has 1 aliphatic carbocycles. The Balaban J connectivity index is 1.59. The molecule has 0 bridgehead atoms. The van der Waals surface area contributed by atoms with Gasteiger partial charge in [0, 0.05) is 30.8 Å². The highest BCUT2D eigenvalue weighted by Crippen LogP contribution is 2.40. The fraction of sp³-hybridized carbons (Fsp3) is 0.500. The minimum absolute atomic E-state index is 0.0675. The van der Waals surface area contributed by atoms with Crippen LogP contribution < -0.4 is 10.1 Å². The maximum atomic E-state index is 13.2. The highest BCUT2D eigenvalue weighted by atomic mass is 32.2. The van der Waals surface area contributed by atoms with Crippen LogP contribution in [0.4, 0.5) is 5.69 Å². The summed E-state index contributed by atoms with van der Waals surface area (Å²) in [7, 11) is -3.71. The van der Waals surface area contributed by atoms with Crippen molar-refractivity contribution in [2.45, 2.75) is 49.8 Å². The first kappa shape index (κ1) is 19.9. The summed E-state index contributed by atoms with van der Waals surface area (Å²) in [6, 6.07) is 6.30. The fourth-order valence-corrected chi connectivity index (χ4v) is 5.13. The zero-order valence-electron chi connectivity index (χ0n) is 16.4. The molecule has 1 saturated heterocycles. The Morgan fingerprint density at radius 1 is 1.24 bits per heavy atom. The van der Waals surface area contributed by atoms with E-state index in [1.807, 2.05) is 0 Å². The highest BCUT2D eigenvalue weighted by Gasteiger charge is 2.30. The van der Waals surface area contributed by atoms with Crippen molar-refractivity contribution in [1.82, 2.24) is 9.46 Å². The van der Waals surface area contributed by atoms with Crippen molar-refractivity contribution in [1.29, 1.82) is 0 Å². The van der Waals surface area contributed by atoms with Gasteiger partial charge in [-0.1, -0.05) is 11.6 Å². The Bertz CT molecular complexity index is 991. The van der Waals surface area contributed by atoms with Crippen LogP contribution in [0, 0.1) is 0 Å². The van der Waals surface area contributed by atoms with Gasteiger partial charge in [-0.25, -0.2) is 8.42 Å². The van der Waals surface area contributed by atoms with Gasteiger partial charge in [-0.3, -0.25) is 4.79 Å². The number of piperidine rings is 1.